The Labute approximate surface area is 109 Å². The van der Waals surface area contributed by atoms with Gasteiger partial charge in [-0.3, -0.25) is 0 Å². The summed E-state index contributed by atoms with van der Waals surface area (Å²) < 4.78 is 0. The van der Waals surface area contributed by atoms with Crippen molar-refractivity contribution in [1.29, 1.82) is 0 Å². The molecule has 0 atom stereocenters. The van der Waals surface area contributed by atoms with E-state index in [1.54, 1.807) is 0 Å². The molecular weight excluding hydrogens is 224 g/mol. The molecule has 0 saturated heterocycles. The van der Waals surface area contributed by atoms with E-state index in [4.69, 9.17) is 0 Å². The van der Waals surface area contributed by atoms with Crippen molar-refractivity contribution in [2.45, 2.75) is 45.1 Å². The van der Waals surface area contributed by atoms with Crippen LogP contribution in [0.4, 0.5) is 10.5 Å². The van der Waals surface area contributed by atoms with Crippen LogP contribution < -0.4 is 5.32 Å². The number of aryl methyl sites for hydroxylation is 1. The summed E-state index contributed by atoms with van der Waals surface area (Å²) in [6.07, 6.45) is 6.07. The summed E-state index contributed by atoms with van der Waals surface area (Å²) in [4.78, 5) is 14.0. The Morgan fingerprint density at radius 1 is 1.17 bits per heavy atom. The highest BCUT2D eigenvalue weighted by molar-refractivity contribution is 5.89. The van der Waals surface area contributed by atoms with Crippen molar-refractivity contribution >= 4 is 11.7 Å². The van der Waals surface area contributed by atoms with Crippen LogP contribution in [0.2, 0.25) is 0 Å². The zero-order chi connectivity index (χ0) is 13.0. The molecule has 3 heteroatoms. The van der Waals surface area contributed by atoms with E-state index >= 15 is 0 Å². The lowest BCUT2D eigenvalue weighted by molar-refractivity contribution is 0.186. The number of nitrogens with zero attached hydrogens (tertiary/aromatic N) is 1. The van der Waals surface area contributed by atoms with E-state index in [9.17, 15) is 4.79 Å². The Bertz CT molecular complexity index is 393. The van der Waals surface area contributed by atoms with Crippen LogP contribution in [0.15, 0.2) is 24.3 Å². The first-order chi connectivity index (χ1) is 8.66. The van der Waals surface area contributed by atoms with Gasteiger partial charge in [-0.05, 0) is 31.9 Å². The molecule has 2 amide bonds. The molecule has 1 fully saturated rings. The van der Waals surface area contributed by atoms with Crippen LogP contribution in [0.25, 0.3) is 0 Å². The average Bonchev–Trinajstić information content (AvgIpc) is 2.41. The smallest absolute Gasteiger partial charge is 0.321 e. The molecular formula is C15H22N2O. The van der Waals surface area contributed by atoms with Crippen LogP contribution in [0.5, 0.6) is 0 Å². The first kappa shape index (κ1) is 12.9. The standard InChI is InChI=1S/C15H22N2O/c1-12-8-10-13(11-9-12)16-15(18)17(2)14-6-4-3-5-7-14/h8-11,14H,3-7H2,1-2H3,(H,16,18). The van der Waals surface area contributed by atoms with Gasteiger partial charge in [-0.1, -0.05) is 37.0 Å². The van der Waals surface area contributed by atoms with Gasteiger partial charge in [0.15, 0.2) is 0 Å². The molecule has 1 N–H and O–H groups in total. The van der Waals surface area contributed by atoms with Gasteiger partial charge in [-0.15, -0.1) is 0 Å². The molecule has 1 aromatic carbocycles. The van der Waals surface area contributed by atoms with Crippen molar-refractivity contribution in [2.24, 2.45) is 0 Å². The monoisotopic (exact) mass is 246 g/mol. The number of amides is 2. The molecule has 0 bridgehead atoms. The number of anilines is 1. The Kier molecular flexibility index (Phi) is 4.24. The summed E-state index contributed by atoms with van der Waals surface area (Å²) in [7, 11) is 1.90. The summed E-state index contributed by atoms with van der Waals surface area (Å²) in [5, 5.41) is 2.95. The number of benzene rings is 1. The number of hydrogen-bond acceptors (Lipinski definition) is 1. The number of urea groups is 1. The first-order valence-corrected chi connectivity index (χ1v) is 6.77. The zero-order valence-corrected chi connectivity index (χ0v) is 11.3. The van der Waals surface area contributed by atoms with Crippen LogP contribution in [-0.2, 0) is 0 Å². The highest BCUT2D eigenvalue weighted by Gasteiger charge is 2.21. The second kappa shape index (κ2) is 5.89. The second-order valence-corrected chi connectivity index (χ2v) is 5.20. The molecule has 0 spiro atoms. The lowest BCUT2D eigenvalue weighted by Crippen LogP contribution is -2.40. The molecule has 18 heavy (non-hydrogen) atoms. The fraction of sp³-hybridized carbons (Fsp3) is 0.533. The fourth-order valence-corrected chi connectivity index (χ4v) is 2.48. The Morgan fingerprint density at radius 3 is 2.39 bits per heavy atom. The summed E-state index contributed by atoms with van der Waals surface area (Å²) in [5.74, 6) is 0. The Balaban J connectivity index is 1.92. The highest BCUT2D eigenvalue weighted by Crippen LogP contribution is 2.22. The summed E-state index contributed by atoms with van der Waals surface area (Å²) in [6, 6.07) is 8.33. The minimum absolute atomic E-state index is 0.00533. The number of carbonyl (C=O) groups excluding carboxylic acids is 1. The number of carbonyl (C=O) groups is 1. The van der Waals surface area contributed by atoms with Crippen molar-refractivity contribution in [3.8, 4) is 0 Å². The summed E-state index contributed by atoms with van der Waals surface area (Å²) in [6.45, 7) is 2.04. The molecule has 1 saturated carbocycles. The van der Waals surface area contributed by atoms with Crippen molar-refractivity contribution < 1.29 is 4.79 Å². The van der Waals surface area contributed by atoms with Crippen molar-refractivity contribution in [2.75, 3.05) is 12.4 Å². The minimum Gasteiger partial charge on any atom is -0.325 e. The lowest BCUT2D eigenvalue weighted by Gasteiger charge is -2.31. The maximum Gasteiger partial charge on any atom is 0.321 e. The topological polar surface area (TPSA) is 32.3 Å². The van der Waals surface area contributed by atoms with Crippen molar-refractivity contribution in [1.82, 2.24) is 4.90 Å². The van der Waals surface area contributed by atoms with Gasteiger partial charge < -0.3 is 10.2 Å². The van der Waals surface area contributed by atoms with Crippen molar-refractivity contribution in [3.63, 3.8) is 0 Å². The third kappa shape index (κ3) is 3.25. The zero-order valence-electron chi connectivity index (χ0n) is 11.3. The molecule has 1 aromatic rings. The molecule has 0 radical (unpaired) electrons. The van der Waals surface area contributed by atoms with E-state index < -0.39 is 0 Å². The number of hydrogen-bond donors (Lipinski definition) is 1. The first-order valence-electron chi connectivity index (χ1n) is 6.77. The van der Waals surface area contributed by atoms with Crippen LogP contribution in [0.1, 0.15) is 37.7 Å². The number of rotatable bonds is 2. The van der Waals surface area contributed by atoms with Gasteiger partial charge in [0.25, 0.3) is 0 Å². The molecule has 2 rings (SSSR count). The molecule has 0 unspecified atom stereocenters. The van der Waals surface area contributed by atoms with Gasteiger partial charge in [0, 0.05) is 18.8 Å². The Morgan fingerprint density at radius 2 is 1.78 bits per heavy atom. The van der Waals surface area contributed by atoms with Gasteiger partial charge in [-0.25, -0.2) is 4.79 Å². The van der Waals surface area contributed by atoms with E-state index in [0.717, 1.165) is 18.5 Å². The van der Waals surface area contributed by atoms with Crippen LogP contribution in [0, 0.1) is 6.92 Å². The maximum atomic E-state index is 12.1. The quantitative estimate of drug-likeness (QED) is 0.846. The van der Waals surface area contributed by atoms with Crippen LogP contribution in [-0.4, -0.2) is 24.0 Å². The molecule has 1 aliphatic carbocycles. The fourth-order valence-electron chi connectivity index (χ4n) is 2.48. The average molecular weight is 246 g/mol. The largest absolute Gasteiger partial charge is 0.325 e. The summed E-state index contributed by atoms with van der Waals surface area (Å²) in [5.41, 5.74) is 2.07. The Hall–Kier alpha value is -1.51. The predicted octanol–water partition coefficient (Wildman–Crippen LogP) is 3.79. The summed E-state index contributed by atoms with van der Waals surface area (Å²) >= 11 is 0. The minimum atomic E-state index is 0.00533. The molecule has 0 aliphatic heterocycles. The van der Waals surface area contributed by atoms with Gasteiger partial charge in [0.1, 0.15) is 0 Å². The van der Waals surface area contributed by atoms with E-state index in [0.29, 0.717) is 6.04 Å². The molecule has 98 valence electrons. The third-order valence-corrected chi connectivity index (χ3v) is 3.75. The highest BCUT2D eigenvalue weighted by atomic mass is 16.2. The van der Waals surface area contributed by atoms with Crippen LogP contribution in [0.3, 0.4) is 0 Å². The molecule has 0 heterocycles. The third-order valence-electron chi connectivity index (χ3n) is 3.75. The van der Waals surface area contributed by atoms with Gasteiger partial charge >= 0.3 is 6.03 Å². The van der Waals surface area contributed by atoms with Gasteiger partial charge in [0.05, 0.1) is 0 Å². The molecule has 3 nitrogen and oxygen atoms in total. The predicted molar refractivity (Wildman–Crippen MR) is 74.8 cm³/mol. The maximum absolute atomic E-state index is 12.1. The second-order valence-electron chi connectivity index (χ2n) is 5.20. The molecule has 0 aromatic heterocycles. The van der Waals surface area contributed by atoms with E-state index in [2.05, 4.69) is 5.32 Å². The van der Waals surface area contributed by atoms with E-state index in [-0.39, 0.29) is 6.03 Å². The molecule has 1 aliphatic rings. The van der Waals surface area contributed by atoms with Crippen LogP contribution >= 0.6 is 0 Å². The van der Waals surface area contributed by atoms with Gasteiger partial charge in [-0.2, -0.15) is 0 Å². The number of nitrogens with one attached hydrogen (secondary N) is 1. The van der Waals surface area contributed by atoms with Crippen molar-refractivity contribution in [3.05, 3.63) is 29.8 Å². The SMILES string of the molecule is Cc1ccc(NC(=O)N(C)C2CCCCC2)cc1. The lowest BCUT2D eigenvalue weighted by atomic mass is 9.95. The van der Waals surface area contributed by atoms with Gasteiger partial charge in [0.2, 0.25) is 0 Å². The van der Waals surface area contributed by atoms with E-state index in [1.165, 1.54) is 24.8 Å². The normalized spacial score (nSPS) is 16.3. The van der Waals surface area contributed by atoms with E-state index in [1.807, 2.05) is 43.1 Å².